The van der Waals surface area contributed by atoms with Crippen LogP contribution in [0.15, 0.2) is 6.33 Å². The van der Waals surface area contributed by atoms with E-state index in [1.165, 1.54) is 13.4 Å². The highest BCUT2D eigenvalue weighted by Crippen LogP contribution is 2.33. The Morgan fingerprint density at radius 3 is 2.95 bits per heavy atom. The summed E-state index contributed by atoms with van der Waals surface area (Å²) in [6.45, 7) is -0.307. The number of aliphatic hydroxyl groups excluding tert-OH is 2. The van der Waals surface area contributed by atoms with Gasteiger partial charge in [-0.15, -0.1) is 0 Å². The molecule has 0 aromatic carbocycles. The van der Waals surface area contributed by atoms with Crippen LogP contribution in [0.1, 0.15) is 6.23 Å². The van der Waals surface area contributed by atoms with Gasteiger partial charge in [0, 0.05) is 29.7 Å². The molecule has 0 amide bonds. The average molecular weight is 407 g/mol. The Morgan fingerprint density at radius 2 is 2.29 bits per heavy atom. The Balaban J connectivity index is 2.08. The topological polar surface area (TPSA) is 129 Å². The molecule has 1 saturated heterocycles. The molecule has 2 aromatic heterocycles. The van der Waals surface area contributed by atoms with Gasteiger partial charge < -0.3 is 25.4 Å². The molecule has 0 aliphatic carbocycles. The lowest BCUT2D eigenvalue weighted by atomic mass is 10.1. The summed E-state index contributed by atoms with van der Waals surface area (Å²) in [6.07, 6.45) is -1.46. The van der Waals surface area contributed by atoms with Crippen LogP contribution in [0.4, 0.5) is 5.82 Å². The molecule has 3 heterocycles. The maximum absolute atomic E-state index is 10.1. The van der Waals surface area contributed by atoms with E-state index >= 15 is 0 Å². The number of nitrogens with zero attached hydrogens (tertiary/aromatic N) is 4. The Labute approximate surface area is 133 Å². The predicted octanol–water partition coefficient (Wildman–Crippen LogP) is -0.721. The summed E-state index contributed by atoms with van der Waals surface area (Å²) >= 11 is 1.96. The molecule has 1 fully saturated rings. The smallest absolute Gasteiger partial charge is 0.194 e. The van der Waals surface area contributed by atoms with Crippen LogP contribution in [-0.2, 0) is 9.47 Å². The minimum atomic E-state index is -0.944. The quantitative estimate of drug-likeness (QED) is 0.449. The first-order valence-corrected chi connectivity index (χ1v) is 7.27. The molecule has 10 heteroatoms. The molecule has 4 N–H and O–H groups in total. The number of hydrogen-bond donors (Lipinski definition) is 3. The lowest BCUT2D eigenvalue weighted by Crippen LogP contribution is -2.34. The Hall–Kier alpha value is -1.08. The Morgan fingerprint density at radius 1 is 1.52 bits per heavy atom. The monoisotopic (exact) mass is 407 g/mol. The molecule has 0 radical (unpaired) electrons. The Bertz CT molecular complexity index is 665. The number of halogens is 1. The van der Waals surface area contributed by atoms with E-state index < -0.39 is 24.5 Å². The standard InChI is InChI=1S/C11H14IN5O4/c1-20-7-6(19)4(2-18)21-10(7)17-3-14-5-8(13)15-11(12)16-9(5)17/h3-4,6-7,10,18-19H,2H2,1H3,(H2,13,15,16)/t4-,6-,7-,10-/m1/s1. The first kappa shape index (κ1) is 14.8. The van der Waals surface area contributed by atoms with E-state index in [4.69, 9.17) is 15.2 Å². The SMILES string of the molecule is CO[C@@H]1[C@H](O)[C@@H](CO)O[C@H]1n1cnc2c(N)nc(I)nc21. The van der Waals surface area contributed by atoms with Crippen molar-refractivity contribution in [3.05, 3.63) is 10.2 Å². The van der Waals surface area contributed by atoms with Crippen molar-refractivity contribution in [2.75, 3.05) is 19.5 Å². The molecule has 1 aliphatic heterocycles. The minimum absolute atomic E-state index is 0.273. The average Bonchev–Trinajstić information content (AvgIpc) is 2.99. The maximum Gasteiger partial charge on any atom is 0.194 e. The van der Waals surface area contributed by atoms with E-state index in [2.05, 4.69) is 15.0 Å². The number of anilines is 1. The Kier molecular flexibility index (Phi) is 3.96. The number of aliphatic hydroxyl groups is 2. The number of rotatable bonds is 3. The van der Waals surface area contributed by atoms with Gasteiger partial charge in [0.2, 0.25) is 0 Å². The van der Waals surface area contributed by atoms with Crippen molar-refractivity contribution in [2.45, 2.75) is 24.5 Å². The lowest BCUT2D eigenvalue weighted by molar-refractivity contribution is -0.0583. The first-order chi connectivity index (χ1) is 10.1. The normalized spacial score (nSPS) is 29.3. The van der Waals surface area contributed by atoms with Gasteiger partial charge in [0.1, 0.15) is 23.8 Å². The van der Waals surface area contributed by atoms with E-state index in [-0.39, 0.29) is 12.4 Å². The predicted molar refractivity (Wildman–Crippen MR) is 80.3 cm³/mol. The van der Waals surface area contributed by atoms with Gasteiger partial charge in [-0.05, 0) is 0 Å². The van der Waals surface area contributed by atoms with Gasteiger partial charge in [-0.3, -0.25) is 4.57 Å². The van der Waals surface area contributed by atoms with Crippen LogP contribution in [0, 0.1) is 3.83 Å². The fourth-order valence-corrected chi connectivity index (χ4v) is 2.93. The molecule has 0 bridgehead atoms. The highest BCUT2D eigenvalue weighted by Gasteiger charge is 2.45. The largest absolute Gasteiger partial charge is 0.394 e. The first-order valence-electron chi connectivity index (χ1n) is 6.19. The minimum Gasteiger partial charge on any atom is -0.394 e. The van der Waals surface area contributed by atoms with E-state index in [0.717, 1.165) is 0 Å². The lowest BCUT2D eigenvalue weighted by Gasteiger charge is -2.19. The third-order valence-corrected chi connectivity index (χ3v) is 3.94. The zero-order valence-electron chi connectivity index (χ0n) is 11.0. The highest BCUT2D eigenvalue weighted by atomic mass is 127. The van der Waals surface area contributed by atoms with Crippen molar-refractivity contribution in [1.82, 2.24) is 19.5 Å². The van der Waals surface area contributed by atoms with Gasteiger partial charge in [0.25, 0.3) is 0 Å². The number of fused-ring (bicyclic) bond motifs is 1. The van der Waals surface area contributed by atoms with Gasteiger partial charge >= 0.3 is 0 Å². The number of aromatic nitrogens is 4. The molecule has 1 aliphatic rings. The summed E-state index contributed by atoms with van der Waals surface area (Å²) < 4.78 is 13.0. The summed E-state index contributed by atoms with van der Waals surface area (Å²) in [7, 11) is 1.47. The molecular weight excluding hydrogens is 393 g/mol. The van der Waals surface area contributed by atoms with Crippen molar-refractivity contribution < 1.29 is 19.7 Å². The third kappa shape index (κ3) is 2.36. The summed E-state index contributed by atoms with van der Waals surface area (Å²) in [6, 6.07) is 0. The van der Waals surface area contributed by atoms with Crippen molar-refractivity contribution in [3.63, 3.8) is 0 Å². The zero-order valence-corrected chi connectivity index (χ0v) is 13.2. The third-order valence-electron chi connectivity index (χ3n) is 3.46. The van der Waals surface area contributed by atoms with Crippen molar-refractivity contribution in [3.8, 4) is 0 Å². The van der Waals surface area contributed by atoms with E-state index in [1.807, 2.05) is 22.6 Å². The molecule has 21 heavy (non-hydrogen) atoms. The summed E-state index contributed by atoms with van der Waals surface area (Å²) in [5.41, 5.74) is 6.77. The van der Waals surface area contributed by atoms with Gasteiger partial charge in [-0.1, -0.05) is 0 Å². The van der Waals surface area contributed by atoms with Crippen LogP contribution in [0.5, 0.6) is 0 Å². The fourth-order valence-electron chi connectivity index (χ4n) is 2.44. The van der Waals surface area contributed by atoms with Gasteiger partial charge in [0.15, 0.2) is 21.5 Å². The van der Waals surface area contributed by atoms with Gasteiger partial charge in [-0.25, -0.2) is 15.0 Å². The number of nitrogen functional groups attached to an aromatic ring is 1. The second kappa shape index (κ2) is 5.61. The molecule has 9 nitrogen and oxygen atoms in total. The highest BCUT2D eigenvalue weighted by molar-refractivity contribution is 14.1. The van der Waals surface area contributed by atoms with E-state index in [9.17, 15) is 10.2 Å². The van der Waals surface area contributed by atoms with Crippen molar-refractivity contribution in [2.24, 2.45) is 0 Å². The van der Waals surface area contributed by atoms with E-state index in [0.29, 0.717) is 15.0 Å². The van der Waals surface area contributed by atoms with Crippen LogP contribution in [0.3, 0.4) is 0 Å². The fraction of sp³-hybridized carbons (Fsp3) is 0.545. The second-order valence-electron chi connectivity index (χ2n) is 4.64. The molecule has 114 valence electrons. The van der Waals surface area contributed by atoms with Crippen LogP contribution in [0.25, 0.3) is 11.2 Å². The second-order valence-corrected chi connectivity index (χ2v) is 5.61. The summed E-state index contributed by atoms with van der Waals surface area (Å²) in [5.74, 6) is 0.273. The summed E-state index contributed by atoms with van der Waals surface area (Å²) in [4.78, 5) is 12.5. The zero-order chi connectivity index (χ0) is 15.1. The van der Waals surface area contributed by atoms with E-state index in [1.54, 1.807) is 4.57 Å². The molecule has 0 saturated carbocycles. The van der Waals surface area contributed by atoms with Crippen molar-refractivity contribution in [1.29, 1.82) is 0 Å². The molecular formula is C11H14IN5O4. The number of nitrogens with two attached hydrogens (primary N) is 1. The maximum atomic E-state index is 10.1. The van der Waals surface area contributed by atoms with Crippen molar-refractivity contribution >= 4 is 39.6 Å². The summed E-state index contributed by atoms with van der Waals surface area (Å²) in [5, 5.41) is 19.4. The molecule has 4 atom stereocenters. The van der Waals surface area contributed by atoms with Gasteiger partial charge in [0.05, 0.1) is 12.9 Å². The van der Waals surface area contributed by atoms with Crippen LogP contribution >= 0.6 is 22.6 Å². The van der Waals surface area contributed by atoms with Crippen LogP contribution < -0.4 is 5.73 Å². The van der Waals surface area contributed by atoms with Gasteiger partial charge in [-0.2, -0.15) is 0 Å². The number of methoxy groups -OCH3 is 1. The number of ether oxygens (including phenoxy) is 2. The number of hydrogen-bond acceptors (Lipinski definition) is 8. The molecule has 3 rings (SSSR count). The molecule has 0 spiro atoms. The number of imidazole rings is 1. The molecule has 2 aromatic rings. The van der Waals surface area contributed by atoms with Crippen LogP contribution in [0.2, 0.25) is 0 Å². The molecule has 0 unspecified atom stereocenters. The van der Waals surface area contributed by atoms with Crippen LogP contribution in [-0.4, -0.2) is 61.8 Å².